The average molecular weight is 254 g/mol. The maximum Gasteiger partial charge on any atom is 0.350 e. The van der Waals surface area contributed by atoms with E-state index in [-0.39, 0.29) is 12.5 Å². The fraction of sp³-hybridized carbons (Fsp3) is 0.455. The lowest BCUT2D eigenvalue weighted by atomic mass is 10.4. The maximum atomic E-state index is 11.6. The van der Waals surface area contributed by atoms with E-state index >= 15 is 0 Å². The van der Waals surface area contributed by atoms with Crippen LogP contribution in [0, 0.1) is 0 Å². The monoisotopic (exact) mass is 254 g/mol. The lowest BCUT2D eigenvalue weighted by Gasteiger charge is -2.14. The van der Waals surface area contributed by atoms with Crippen molar-refractivity contribution in [3.8, 4) is 0 Å². The molecular formula is C11H14N2O3S. The molecular weight excluding hydrogens is 240 g/mol. The summed E-state index contributed by atoms with van der Waals surface area (Å²) >= 11 is 1.22. The fourth-order valence-corrected chi connectivity index (χ4v) is 2.45. The van der Waals surface area contributed by atoms with Gasteiger partial charge in [-0.05, 0) is 24.3 Å². The highest BCUT2D eigenvalue weighted by atomic mass is 32.1. The van der Waals surface area contributed by atoms with E-state index in [1.807, 2.05) is 0 Å². The van der Waals surface area contributed by atoms with Gasteiger partial charge in [0.15, 0.2) is 6.61 Å². The van der Waals surface area contributed by atoms with Crippen molar-refractivity contribution in [1.29, 1.82) is 0 Å². The van der Waals surface area contributed by atoms with E-state index in [1.165, 1.54) is 11.3 Å². The smallest absolute Gasteiger partial charge is 0.350 e. The molecule has 2 rings (SSSR count). The molecule has 0 radical (unpaired) electrons. The van der Waals surface area contributed by atoms with Gasteiger partial charge in [-0.2, -0.15) is 0 Å². The summed E-state index contributed by atoms with van der Waals surface area (Å²) in [4.78, 5) is 25.3. The zero-order valence-electron chi connectivity index (χ0n) is 9.35. The molecule has 0 bridgehead atoms. The minimum absolute atomic E-state index is 0.133. The number of ether oxygens (including phenoxy) is 1. The molecule has 0 spiro atoms. The van der Waals surface area contributed by atoms with Crippen molar-refractivity contribution in [2.24, 2.45) is 0 Å². The van der Waals surface area contributed by atoms with Gasteiger partial charge in [0.1, 0.15) is 4.88 Å². The molecule has 1 saturated heterocycles. The second-order valence-electron chi connectivity index (χ2n) is 3.87. The standard InChI is InChI=1S/C11H14N2O3S/c12-8-3-6-17-10(8)11(15)16-7-9(14)13-4-1-2-5-13/h3,6H,1-2,4-5,7,12H2. The lowest BCUT2D eigenvalue weighted by molar-refractivity contribution is -0.133. The van der Waals surface area contributed by atoms with Crippen molar-refractivity contribution in [2.75, 3.05) is 25.4 Å². The summed E-state index contributed by atoms with van der Waals surface area (Å²) in [6, 6.07) is 1.64. The Labute approximate surface area is 103 Å². The zero-order valence-corrected chi connectivity index (χ0v) is 10.2. The number of nitrogens with zero attached hydrogens (tertiary/aromatic N) is 1. The third-order valence-corrected chi connectivity index (χ3v) is 3.58. The van der Waals surface area contributed by atoms with Crippen LogP contribution in [0.2, 0.25) is 0 Å². The highest BCUT2D eigenvalue weighted by Crippen LogP contribution is 2.19. The van der Waals surface area contributed by atoms with E-state index in [4.69, 9.17) is 10.5 Å². The molecule has 5 nitrogen and oxygen atoms in total. The van der Waals surface area contributed by atoms with Crippen molar-refractivity contribution in [2.45, 2.75) is 12.8 Å². The predicted molar refractivity (Wildman–Crippen MR) is 64.8 cm³/mol. The summed E-state index contributed by atoms with van der Waals surface area (Å²) in [5.41, 5.74) is 5.98. The second-order valence-corrected chi connectivity index (χ2v) is 4.79. The van der Waals surface area contributed by atoms with Gasteiger partial charge < -0.3 is 15.4 Å². The Morgan fingerprint density at radius 2 is 2.12 bits per heavy atom. The number of nitrogen functional groups attached to an aromatic ring is 1. The highest BCUT2D eigenvalue weighted by Gasteiger charge is 2.20. The summed E-state index contributed by atoms with van der Waals surface area (Å²) in [5, 5.41) is 1.72. The Hall–Kier alpha value is -1.56. The van der Waals surface area contributed by atoms with Gasteiger partial charge in [0.2, 0.25) is 0 Å². The van der Waals surface area contributed by atoms with Crippen LogP contribution in [0.1, 0.15) is 22.5 Å². The van der Waals surface area contributed by atoms with Crippen LogP contribution >= 0.6 is 11.3 Å². The van der Waals surface area contributed by atoms with Gasteiger partial charge in [0, 0.05) is 13.1 Å². The molecule has 2 heterocycles. The van der Waals surface area contributed by atoms with Crippen LogP contribution in [-0.4, -0.2) is 36.5 Å². The number of rotatable bonds is 3. The topological polar surface area (TPSA) is 72.6 Å². The first-order valence-electron chi connectivity index (χ1n) is 5.46. The van der Waals surface area contributed by atoms with E-state index in [2.05, 4.69) is 0 Å². The van der Waals surface area contributed by atoms with Gasteiger partial charge in [-0.15, -0.1) is 11.3 Å². The molecule has 6 heteroatoms. The number of hydrogen-bond acceptors (Lipinski definition) is 5. The van der Waals surface area contributed by atoms with Crippen LogP contribution in [0.15, 0.2) is 11.4 Å². The summed E-state index contributed by atoms with van der Waals surface area (Å²) in [6.45, 7) is 1.32. The Morgan fingerprint density at radius 3 is 2.71 bits per heavy atom. The van der Waals surface area contributed by atoms with Crippen LogP contribution in [0.25, 0.3) is 0 Å². The van der Waals surface area contributed by atoms with Crippen LogP contribution in [0.4, 0.5) is 5.69 Å². The molecule has 1 aromatic heterocycles. The van der Waals surface area contributed by atoms with Crippen LogP contribution in [0.3, 0.4) is 0 Å². The van der Waals surface area contributed by atoms with Gasteiger partial charge >= 0.3 is 5.97 Å². The number of hydrogen-bond donors (Lipinski definition) is 1. The first kappa shape index (κ1) is 11.9. The molecule has 1 fully saturated rings. The molecule has 0 atom stereocenters. The van der Waals surface area contributed by atoms with E-state index in [0.29, 0.717) is 10.6 Å². The molecule has 2 N–H and O–H groups in total. The number of nitrogens with two attached hydrogens (primary N) is 1. The quantitative estimate of drug-likeness (QED) is 0.820. The first-order chi connectivity index (χ1) is 8.18. The molecule has 1 aromatic rings. The summed E-state index contributed by atoms with van der Waals surface area (Å²) in [5.74, 6) is -0.656. The summed E-state index contributed by atoms with van der Waals surface area (Å²) in [7, 11) is 0. The number of thiophene rings is 1. The maximum absolute atomic E-state index is 11.6. The zero-order chi connectivity index (χ0) is 12.3. The van der Waals surface area contributed by atoms with Crippen LogP contribution in [0.5, 0.6) is 0 Å². The molecule has 0 unspecified atom stereocenters. The molecule has 0 aromatic carbocycles. The van der Waals surface area contributed by atoms with Gasteiger partial charge in [-0.25, -0.2) is 4.79 Å². The van der Waals surface area contributed by atoms with E-state index < -0.39 is 5.97 Å². The third kappa shape index (κ3) is 2.76. The SMILES string of the molecule is Nc1ccsc1C(=O)OCC(=O)N1CCCC1. The average Bonchev–Trinajstić information content (AvgIpc) is 2.95. The fourth-order valence-electron chi connectivity index (χ4n) is 1.74. The Balaban J connectivity index is 1.84. The van der Waals surface area contributed by atoms with Gasteiger partial charge in [-0.3, -0.25) is 4.79 Å². The summed E-state index contributed by atoms with van der Waals surface area (Å²) in [6.07, 6.45) is 2.05. The normalized spacial score (nSPS) is 14.9. The van der Waals surface area contributed by atoms with Crippen molar-refractivity contribution < 1.29 is 14.3 Å². The van der Waals surface area contributed by atoms with Gasteiger partial charge in [-0.1, -0.05) is 0 Å². The number of likely N-dealkylation sites (tertiary alicyclic amines) is 1. The number of carbonyl (C=O) groups is 2. The van der Waals surface area contributed by atoms with Crippen molar-refractivity contribution in [3.05, 3.63) is 16.3 Å². The van der Waals surface area contributed by atoms with Crippen molar-refractivity contribution in [1.82, 2.24) is 4.90 Å². The molecule has 0 aliphatic carbocycles. The Morgan fingerprint density at radius 1 is 1.41 bits per heavy atom. The Kier molecular flexibility index (Phi) is 3.63. The molecule has 92 valence electrons. The van der Waals surface area contributed by atoms with Crippen LogP contribution < -0.4 is 5.73 Å². The number of esters is 1. The van der Waals surface area contributed by atoms with Gasteiger partial charge in [0.05, 0.1) is 5.69 Å². The van der Waals surface area contributed by atoms with Crippen LogP contribution in [-0.2, 0) is 9.53 Å². The van der Waals surface area contributed by atoms with E-state index in [1.54, 1.807) is 16.3 Å². The number of anilines is 1. The van der Waals surface area contributed by atoms with E-state index in [0.717, 1.165) is 25.9 Å². The largest absolute Gasteiger partial charge is 0.451 e. The molecule has 1 amide bonds. The minimum atomic E-state index is -0.523. The summed E-state index contributed by atoms with van der Waals surface area (Å²) < 4.78 is 4.94. The van der Waals surface area contributed by atoms with Gasteiger partial charge in [0.25, 0.3) is 5.91 Å². The van der Waals surface area contributed by atoms with E-state index in [9.17, 15) is 9.59 Å². The second kappa shape index (κ2) is 5.18. The number of amides is 1. The lowest BCUT2D eigenvalue weighted by Crippen LogP contribution is -2.32. The van der Waals surface area contributed by atoms with Crippen molar-refractivity contribution in [3.63, 3.8) is 0 Å². The highest BCUT2D eigenvalue weighted by molar-refractivity contribution is 7.12. The third-order valence-electron chi connectivity index (χ3n) is 2.67. The predicted octanol–water partition coefficient (Wildman–Crippen LogP) is 1.11. The molecule has 17 heavy (non-hydrogen) atoms. The first-order valence-corrected chi connectivity index (χ1v) is 6.34. The molecule has 1 aliphatic rings. The molecule has 0 saturated carbocycles. The molecule has 1 aliphatic heterocycles. The van der Waals surface area contributed by atoms with Crippen molar-refractivity contribution >= 4 is 28.9 Å². The minimum Gasteiger partial charge on any atom is -0.451 e. The number of carbonyl (C=O) groups excluding carboxylic acids is 2. The Bertz CT molecular complexity index is 424.